The smallest absolute Gasteiger partial charge is 0.234 e. The van der Waals surface area contributed by atoms with Crippen molar-refractivity contribution in [2.75, 3.05) is 13.1 Å². The maximum absolute atomic E-state index is 12.3. The third-order valence-corrected chi connectivity index (χ3v) is 5.44. The second kappa shape index (κ2) is 7.28. The van der Waals surface area contributed by atoms with Crippen LogP contribution in [0.5, 0.6) is 0 Å². The molecule has 0 aromatic heterocycles. The predicted molar refractivity (Wildman–Crippen MR) is 89.6 cm³/mol. The molecule has 1 saturated heterocycles. The molecular formula is C19H28N2O. The van der Waals surface area contributed by atoms with Gasteiger partial charge in [-0.05, 0) is 56.2 Å². The van der Waals surface area contributed by atoms with E-state index in [9.17, 15) is 4.79 Å². The molecule has 1 N–H and O–H groups in total. The van der Waals surface area contributed by atoms with Crippen LogP contribution in [-0.2, 0) is 11.3 Å². The van der Waals surface area contributed by atoms with E-state index in [4.69, 9.17) is 0 Å². The molecule has 3 nitrogen and oxygen atoms in total. The summed E-state index contributed by atoms with van der Waals surface area (Å²) < 4.78 is 0. The van der Waals surface area contributed by atoms with Crippen LogP contribution >= 0.6 is 0 Å². The van der Waals surface area contributed by atoms with Gasteiger partial charge in [-0.1, -0.05) is 37.1 Å². The summed E-state index contributed by atoms with van der Waals surface area (Å²) in [6, 6.07) is 8.92. The number of nitrogens with zero attached hydrogens (tertiary/aromatic N) is 1. The van der Waals surface area contributed by atoms with Crippen molar-refractivity contribution in [1.29, 1.82) is 0 Å². The first-order valence-corrected chi connectivity index (χ1v) is 8.79. The summed E-state index contributed by atoms with van der Waals surface area (Å²) >= 11 is 0. The number of carbonyl (C=O) groups excluding carboxylic acids is 1. The highest BCUT2D eigenvalue weighted by molar-refractivity contribution is 5.78. The van der Waals surface area contributed by atoms with Gasteiger partial charge < -0.3 is 5.32 Å². The fourth-order valence-corrected chi connectivity index (χ4v) is 4.17. The molecule has 1 aliphatic carbocycles. The lowest BCUT2D eigenvalue weighted by atomic mass is 9.78. The molecule has 1 heterocycles. The number of aryl methyl sites for hydroxylation is 1. The molecule has 1 amide bonds. The molecule has 120 valence electrons. The van der Waals surface area contributed by atoms with Gasteiger partial charge in [0.15, 0.2) is 0 Å². The zero-order chi connectivity index (χ0) is 15.4. The Bertz CT molecular complexity index is 512. The third kappa shape index (κ3) is 3.70. The Hall–Kier alpha value is -1.35. The van der Waals surface area contributed by atoms with Crippen molar-refractivity contribution in [1.82, 2.24) is 10.2 Å². The van der Waals surface area contributed by atoms with E-state index in [-0.39, 0.29) is 5.91 Å². The first-order chi connectivity index (χ1) is 10.7. The van der Waals surface area contributed by atoms with Gasteiger partial charge in [0.1, 0.15) is 0 Å². The standard InChI is InChI=1S/C19H28N2O/c1-15-7-2-3-9-17(15)13-20-19(22)14-21-12-6-10-16-8-4-5-11-18(16)21/h2-3,7,9,16,18H,4-6,8,10-14H2,1H3,(H,20,22)/t16-,18-/m0/s1. The summed E-state index contributed by atoms with van der Waals surface area (Å²) in [7, 11) is 0. The predicted octanol–water partition coefficient (Wildman–Crippen LogP) is 3.27. The van der Waals surface area contributed by atoms with Crippen molar-refractivity contribution in [3.05, 3.63) is 35.4 Å². The second-order valence-electron chi connectivity index (χ2n) is 6.93. The molecular weight excluding hydrogens is 272 g/mol. The molecule has 0 spiro atoms. The Morgan fingerprint density at radius 3 is 2.82 bits per heavy atom. The van der Waals surface area contributed by atoms with Gasteiger partial charge in [0.25, 0.3) is 0 Å². The molecule has 1 saturated carbocycles. The molecule has 2 fully saturated rings. The van der Waals surface area contributed by atoms with E-state index in [0.717, 1.165) is 12.5 Å². The zero-order valence-corrected chi connectivity index (χ0v) is 13.7. The van der Waals surface area contributed by atoms with E-state index < -0.39 is 0 Å². The first-order valence-electron chi connectivity index (χ1n) is 8.79. The van der Waals surface area contributed by atoms with E-state index >= 15 is 0 Å². The summed E-state index contributed by atoms with van der Waals surface area (Å²) in [5, 5.41) is 3.10. The minimum absolute atomic E-state index is 0.175. The summed E-state index contributed by atoms with van der Waals surface area (Å²) in [4.78, 5) is 14.8. The van der Waals surface area contributed by atoms with Crippen LogP contribution in [-0.4, -0.2) is 29.9 Å². The topological polar surface area (TPSA) is 32.3 Å². The quantitative estimate of drug-likeness (QED) is 0.925. The van der Waals surface area contributed by atoms with Crippen LogP contribution in [0.4, 0.5) is 0 Å². The number of likely N-dealkylation sites (tertiary alicyclic amines) is 1. The molecule has 22 heavy (non-hydrogen) atoms. The van der Waals surface area contributed by atoms with Crippen LogP contribution in [0.2, 0.25) is 0 Å². The minimum atomic E-state index is 0.175. The number of nitrogens with one attached hydrogen (secondary N) is 1. The highest BCUT2D eigenvalue weighted by atomic mass is 16.2. The van der Waals surface area contributed by atoms with Crippen molar-refractivity contribution in [2.24, 2.45) is 5.92 Å². The van der Waals surface area contributed by atoms with Gasteiger partial charge in [0, 0.05) is 12.6 Å². The summed E-state index contributed by atoms with van der Waals surface area (Å²) in [6.07, 6.45) is 8.00. The highest BCUT2D eigenvalue weighted by Crippen LogP contribution is 2.34. The van der Waals surface area contributed by atoms with Crippen molar-refractivity contribution < 1.29 is 4.79 Å². The van der Waals surface area contributed by atoms with E-state index in [1.165, 1.54) is 49.7 Å². The highest BCUT2D eigenvalue weighted by Gasteiger charge is 2.33. The molecule has 3 heteroatoms. The van der Waals surface area contributed by atoms with Gasteiger partial charge in [-0.25, -0.2) is 0 Å². The summed E-state index contributed by atoms with van der Waals surface area (Å²) in [5.74, 6) is 1.01. The van der Waals surface area contributed by atoms with Gasteiger partial charge in [-0.2, -0.15) is 0 Å². The number of carbonyl (C=O) groups is 1. The van der Waals surface area contributed by atoms with Crippen LogP contribution in [0.25, 0.3) is 0 Å². The molecule has 1 aliphatic heterocycles. The lowest BCUT2D eigenvalue weighted by Crippen LogP contribution is -2.50. The third-order valence-electron chi connectivity index (χ3n) is 5.44. The average Bonchev–Trinajstić information content (AvgIpc) is 2.54. The Kier molecular flexibility index (Phi) is 5.14. The maximum atomic E-state index is 12.3. The van der Waals surface area contributed by atoms with Gasteiger partial charge in [0.05, 0.1) is 6.54 Å². The Morgan fingerprint density at radius 2 is 1.95 bits per heavy atom. The zero-order valence-electron chi connectivity index (χ0n) is 13.7. The number of amides is 1. The summed E-state index contributed by atoms with van der Waals surface area (Å²) in [6.45, 7) is 4.41. The minimum Gasteiger partial charge on any atom is -0.351 e. The maximum Gasteiger partial charge on any atom is 0.234 e. The number of hydrogen-bond acceptors (Lipinski definition) is 2. The number of hydrogen-bond donors (Lipinski definition) is 1. The number of fused-ring (bicyclic) bond motifs is 1. The second-order valence-corrected chi connectivity index (χ2v) is 6.93. The van der Waals surface area contributed by atoms with Gasteiger partial charge >= 0.3 is 0 Å². The number of rotatable bonds is 4. The normalized spacial score (nSPS) is 25.5. The SMILES string of the molecule is Cc1ccccc1CNC(=O)CN1CCC[C@@H]2CCCC[C@@H]21. The van der Waals surface area contributed by atoms with E-state index in [1.807, 2.05) is 12.1 Å². The van der Waals surface area contributed by atoms with Gasteiger partial charge in [-0.15, -0.1) is 0 Å². The molecule has 0 bridgehead atoms. The van der Waals surface area contributed by atoms with E-state index in [1.54, 1.807) is 0 Å². The molecule has 0 unspecified atom stereocenters. The van der Waals surface area contributed by atoms with Gasteiger partial charge in [-0.3, -0.25) is 9.69 Å². The van der Waals surface area contributed by atoms with Crippen molar-refractivity contribution in [3.8, 4) is 0 Å². The summed E-state index contributed by atoms with van der Waals surface area (Å²) in [5.41, 5.74) is 2.46. The van der Waals surface area contributed by atoms with Crippen LogP contribution in [0, 0.1) is 12.8 Å². The number of piperidine rings is 1. The first kappa shape index (κ1) is 15.5. The van der Waals surface area contributed by atoms with Crippen LogP contribution in [0.1, 0.15) is 49.7 Å². The fourth-order valence-electron chi connectivity index (χ4n) is 4.17. The monoisotopic (exact) mass is 300 g/mol. The molecule has 1 aromatic rings. The molecule has 3 rings (SSSR count). The largest absolute Gasteiger partial charge is 0.351 e. The lowest BCUT2D eigenvalue weighted by Gasteiger charge is -2.43. The van der Waals surface area contributed by atoms with Crippen molar-refractivity contribution in [2.45, 2.75) is 58.0 Å². The lowest BCUT2D eigenvalue weighted by molar-refractivity contribution is -0.124. The average molecular weight is 300 g/mol. The van der Waals surface area contributed by atoms with Crippen LogP contribution in [0.3, 0.4) is 0 Å². The molecule has 1 aromatic carbocycles. The van der Waals surface area contributed by atoms with Crippen molar-refractivity contribution in [3.63, 3.8) is 0 Å². The Labute approximate surface area is 134 Å². The molecule has 2 atom stereocenters. The Balaban J connectivity index is 1.51. The molecule has 0 radical (unpaired) electrons. The van der Waals surface area contributed by atoms with Gasteiger partial charge in [0.2, 0.25) is 5.91 Å². The van der Waals surface area contributed by atoms with E-state index in [0.29, 0.717) is 19.1 Å². The number of benzene rings is 1. The van der Waals surface area contributed by atoms with Crippen LogP contribution < -0.4 is 5.32 Å². The van der Waals surface area contributed by atoms with Crippen LogP contribution in [0.15, 0.2) is 24.3 Å². The molecule has 2 aliphatic rings. The fraction of sp³-hybridized carbons (Fsp3) is 0.632. The van der Waals surface area contributed by atoms with Crippen molar-refractivity contribution >= 4 is 5.91 Å². The Morgan fingerprint density at radius 1 is 1.18 bits per heavy atom. The van der Waals surface area contributed by atoms with E-state index in [2.05, 4.69) is 29.3 Å².